The van der Waals surface area contributed by atoms with Crippen LogP contribution in [0.15, 0.2) is 4.79 Å². The van der Waals surface area contributed by atoms with Crippen LogP contribution in [0.3, 0.4) is 0 Å². The summed E-state index contributed by atoms with van der Waals surface area (Å²) in [6.45, 7) is 1.88. The van der Waals surface area contributed by atoms with Gasteiger partial charge in [-0.3, -0.25) is 14.6 Å². The smallest absolute Gasteiger partial charge is 0.278 e. The maximum absolute atomic E-state index is 11.5. The standard InChI is InChI=1S/C8H10N6O2/c1-2-4-11-8-12-7(16)5(10-3-15)6(9)14(8)13-4/h3H,2,9H2,1H3,(H,10,15)(H,11,12,13,16). The van der Waals surface area contributed by atoms with Gasteiger partial charge in [0.05, 0.1) is 0 Å². The number of hydrogen-bond donors (Lipinski definition) is 3. The molecule has 0 bridgehead atoms. The van der Waals surface area contributed by atoms with Crippen molar-refractivity contribution in [3.8, 4) is 0 Å². The van der Waals surface area contributed by atoms with Gasteiger partial charge in [0.25, 0.3) is 5.56 Å². The van der Waals surface area contributed by atoms with E-state index in [1.807, 2.05) is 6.92 Å². The van der Waals surface area contributed by atoms with Crippen LogP contribution < -0.4 is 16.6 Å². The van der Waals surface area contributed by atoms with E-state index in [-0.39, 0.29) is 17.3 Å². The number of aromatic amines is 1. The van der Waals surface area contributed by atoms with Gasteiger partial charge in [0, 0.05) is 6.42 Å². The Morgan fingerprint density at radius 2 is 2.38 bits per heavy atom. The molecule has 0 unspecified atom stereocenters. The number of aromatic nitrogens is 4. The molecule has 0 fully saturated rings. The van der Waals surface area contributed by atoms with Gasteiger partial charge < -0.3 is 11.1 Å². The third-order valence-corrected chi connectivity index (χ3v) is 2.11. The number of aryl methyl sites for hydroxylation is 1. The van der Waals surface area contributed by atoms with Gasteiger partial charge >= 0.3 is 0 Å². The zero-order chi connectivity index (χ0) is 11.7. The number of fused-ring (bicyclic) bond motifs is 1. The fourth-order valence-corrected chi connectivity index (χ4v) is 1.34. The number of hydrogen-bond acceptors (Lipinski definition) is 5. The van der Waals surface area contributed by atoms with E-state index in [0.717, 1.165) is 0 Å². The van der Waals surface area contributed by atoms with Crippen LogP contribution in [0.5, 0.6) is 0 Å². The van der Waals surface area contributed by atoms with Crippen molar-refractivity contribution in [2.45, 2.75) is 13.3 Å². The Morgan fingerprint density at radius 3 is 3.00 bits per heavy atom. The van der Waals surface area contributed by atoms with Gasteiger partial charge in [0.15, 0.2) is 11.6 Å². The molecule has 0 aliphatic rings. The molecule has 0 aliphatic carbocycles. The summed E-state index contributed by atoms with van der Waals surface area (Å²) in [6, 6.07) is 0. The minimum absolute atomic E-state index is 0.0324. The van der Waals surface area contributed by atoms with Gasteiger partial charge in [-0.05, 0) is 0 Å². The average molecular weight is 222 g/mol. The molecule has 0 aliphatic heterocycles. The third kappa shape index (κ3) is 1.40. The fourth-order valence-electron chi connectivity index (χ4n) is 1.34. The van der Waals surface area contributed by atoms with E-state index in [9.17, 15) is 9.59 Å². The average Bonchev–Trinajstić information content (AvgIpc) is 2.67. The summed E-state index contributed by atoms with van der Waals surface area (Å²) in [6.07, 6.45) is 1.00. The quantitative estimate of drug-likeness (QED) is 0.583. The van der Waals surface area contributed by atoms with Crippen LogP contribution in [0, 0.1) is 0 Å². The number of carbonyl (C=O) groups excluding carboxylic acids is 1. The third-order valence-electron chi connectivity index (χ3n) is 2.11. The van der Waals surface area contributed by atoms with Gasteiger partial charge in [-0.25, -0.2) is 0 Å². The second kappa shape index (κ2) is 3.65. The molecular formula is C8H10N6O2. The van der Waals surface area contributed by atoms with Crippen molar-refractivity contribution >= 4 is 23.7 Å². The van der Waals surface area contributed by atoms with E-state index >= 15 is 0 Å². The predicted octanol–water partition coefficient (Wildman–Crippen LogP) is -0.870. The topological polar surface area (TPSA) is 118 Å². The van der Waals surface area contributed by atoms with E-state index in [4.69, 9.17) is 5.73 Å². The first-order valence-corrected chi connectivity index (χ1v) is 4.65. The van der Waals surface area contributed by atoms with Crippen molar-refractivity contribution in [2.24, 2.45) is 0 Å². The Labute approximate surface area is 89.5 Å². The lowest BCUT2D eigenvalue weighted by atomic mass is 10.5. The maximum atomic E-state index is 11.5. The number of carbonyl (C=O) groups is 1. The Morgan fingerprint density at radius 1 is 1.62 bits per heavy atom. The minimum atomic E-state index is -0.507. The fraction of sp³-hybridized carbons (Fsp3) is 0.250. The molecule has 0 radical (unpaired) electrons. The monoisotopic (exact) mass is 222 g/mol. The second-order valence-corrected chi connectivity index (χ2v) is 3.09. The summed E-state index contributed by atoms with van der Waals surface area (Å²) in [5.74, 6) is 0.874. The Kier molecular flexibility index (Phi) is 2.31. The number of amides is 1. The maximum Gasteiger partial charge on any atom is 0.278 e. The van der Waals surface area contributed by atoms with Crippen molar-refractivity contribution < 1.29 is 4.79 Å². The lowest BCUT2D eigenvalue weighted by molar-refractivity contribution is -0.105. The molecule has 2 aromatic rings. The van der Waals surface area contributed by atoms with Gasteiger partial charge in [-0.2, -0.15) is 9.50 Å². The summed E-state index contributed by atoms with van der Waals surface area (Å²) in [5.41, 5.74) is 5.15. The normalized spacial score (nSPS) is 10.6. The van der Waals surface area contributed by atoms with Crippen molar-refractivity contribution in [2.75, 3.05) is 11.1 Å². The molecule has 84 valence electrons. The lowest BCUT2D eigenvalue weighted by Crippen LogP contribution is -2.19. The van der Waals surface area contributed by atoms with Crippen LogP contribution in [-0.4, -0.2) is 26.0 Å². The van der Waals surface area contributed by atoms with E-state index < -0.39 is 5.56 Å². The Bertz CT molecular complexity index is 598. The first-order chi connectivity index (χ1) is 7.67. The van der Waals surface area contributed by atoms with Gasteiger partial charge in [-0.15, -0.1) is 5.10 Å². The number of nitrogens with zero attached hydrogens (tertiary/aromatic N) is 3. The van der Waals surface area contributed by atoms with Gasteiger partial charge in [0.1, 0.15) is 5.69 Å². The SMILES string of the molecule is CCc1nc2[nH]c(=O)c(NC=O)c(N)n2n1. The first-order valence-electron chi connectivity index (χ1n) is 4.65. The highest BCUT2D eigenvalue weighted by Gasteiger charge is 2.12. The molecule has 8 nitrogen and oxygen atoms in total. The number of nitrogens with one attached hydrogen (secondary N) is 2. The van der Waals surface area contributed by atoms with Crippen LogP contribution in [-0.2, 0) is 11.2 Å². The molecule has 2 aromatic heterocycles. The molecule has 0 saturated heterocycles. The Balaban J connectivity index is 2.75. The number of H-pyrrole nitrogens is 1. The molecule has 4 N–H and O–H groups in total. The molecule has 2 heterocycles. The van der Waals surface area contributed by atoms with Crippen LogP contribution in [0.25, 0.3) is 5.78 Å². The molecule has 2 rings (SSSR count). The number of nitrogens with two attached hydrogens (primary N) is 1. The zero-order valence-electron chi connectivity index (χ0n) is 8.52. The summed E-state index contributed by atoms with van der Waals surface area (Å²) >= 11 is 0. The van der Waals surface area contributed by atoms with E-state index in [1.165, 1.54) is 4.52 Å². The highest BCUT2D eigenvalue weighted by Crippen LogP contribution is 2.12. The van der Waals surface area contributed by atoms with E-state index in [0.29, 0.717) is 18.7 Å². The van der Waals surface area contributed by atoms with Crippen LogP contribution in [0.1, 0.15) is 12.7 Å². The van der Waals surface area contributed by atoms with Crippen LogP contribution >= 0.6 is 0 Å². The molecule has 0 spiro atoms. The van der Waals surface area contributed by atoms with Crippen LogP contribution in [0.2, 0.25) is 0 Å². The highest BCUT2D eigenvalue weighted by molar-refractivity contribution is 5.77. The molecular weight excluding hydrogens is 212 g/mol. The number of anilines is 2. The molecule has 8 heteroatoms. The molecule has 0 aromatic carbocycles. The highest BCUT2D eigenvalue weighted by atomic mass is 16.1. The van der Waals surface area contributed by atoms with E-state index in [2.05, 4.69) is 20.4 Å². The summed E-state index contributed by atoms with van der Waals surface area (Å²) in [5, 5.41) is 6.29. The minimum Gasteiger partial charge on any atom is -0.382 e. The van der Waals surface area contributed by atoms with Crippen molar-refractivity contribution in [1.29, 1.82) is 0 Å². The molecule has 0 atom stereocenters. The largest absolute Gasteiger partial charge is 0.382 e. The zero-order valence-corrected chi connectivity index (χ0v) is 8.52. The summed E-state index contributed by atoms with van der Waals surface area (Å²) in [7, 11) is 0. The summed E-state index contributed by atoms with van der Waals surface area (Å²) in [4.78, 5) is 28.3. The van der Waals surface area contributed by atoms with Crippen molar-refractivity contribution in [1.82, 2.24) is 19.6 Å². The summed E-state index contributed by atoms with van der Waals surface area (Å²) < 4.78 is 1.28. The van der Waals surface area contributed by atoms with Crippen LogP contribution in [0.4, 0.5) is 11.5 Å². The second-order valence-electron chi connectivity index (χ2n) is 3.09. The first kappa shape index (κ1) is 10.1. The van der Waals surface area contributed by atoms with E-state index in [1.54, 1.807) is 0 Å². The predicted molar refractivity (Wildman–Crippen MR) is 57.1 cm³/mol. The number of nitrogen functional groups attached to an aromatic ring is 1. The molecule has 1 amide bonds. The van der Waals surface area contributed by atoms with Gasteiger partial charge in [-0.1, -0.05) is 6.92 Å². The Hall–Kier alpha value is -2.38. The molecule has 0 saturated carbocycles. The lowest BCUT2D eigenvalue weighted by Gasteiger charge is -2.03. The van der Waals surface area contributed by atoms with Gasteiger partial charge in [0.2, 0.25) is 12.2 Å². The molecule has 16 heavy (non-hydrogen) atoms. The van der Waals surface area contributed by atoms with Crippen molar-refractivity contribution in [3.63, 3.8) is 0 Å². The van der Waals surface area contributed by atoms with Crippen molar-refractivity contribution in [3.05, 3.63) is 16.2 Å². The number of rotatable bonds is 3.